The van der Waals surface area contributed by atoms with Crippen LogP contribution in [0.4, 0.5) is 10.5 Å². The highest BCUT2D eigenvalue weighted by molar-refractivity contribution is 8.00. The van der Waals surface area contributed by atoms with Gasteiger partial charge in [-0.15, -0.1) is 11.8 Å². The number of hydrogen-bond acceptors (Lipinski definition) is 7. The third-order valence-electron chi connectivity index (χ3n) is 4.08. The van der Waals surface area contributed by atoms with E-state index in [0.29, 0.717) is 24.3 Å². The largest absolute Gasteiger partial charge is 0.445 e. The molecule has 3 unspecified atom stereocenters. The molecule has 0 aliphatic carbocycles. The molecule has 1 aliphatic heterocycles. The van der Waals surface area contributed by atoms with Crippen LogP contribution in [-0.4, -0.2) is 50.7 Å². The van der Waals surface area contributed by atoms with E-state index >= 15 is 0 Å². The number of nitrogens with two attached hydrogens (primary N) is 1. The Labute approximate surface area is 161 Å². The van der Waals surface area contributed by atoms with Crippen LogP contribution in [0.25, 0.3) is 0 Å². The molecule has 8 nitrogen and oxygen atoms in total. The van der Waals surface area contributed by atoms with Crippen LogP contribution in [0.15, 0.2) is 24.3 Å². The number of thiol groups is 1. The fourth-order valence-electron chi connectivity index (χ4n) is 2.55. The molecule has 1 aromatic rings. The lowest BCUT2D eigenvalue weighted by Crippen LogP contribution is -2.38. The van der Waals surface area contributed by atoms with Gasteiger partial charge in [-0.1, -0.05) is 0 Å². The minimum atomic E-state index is -0.484. The van der Waals surface area contributed by atoms with E-state index in [2.05, 4.69) is 12.6 Å². The first-order valence-corrected chi connectivity index (χ1v) is 9.60. The second kappa shape index (κ2) is 9.13. The lowest BCUT2D eigenvalue weighted by molar-refractivity contribution is -0.384. The Balaban J connectivity index is 1.89. The molecule has 1 heterocycles. The number of hydrogen-bond donors (Lipinski definition) is 2. The maximum Gasteiger partial charge on any atom is 0.410 e. The summed E-state index contributed by atoms with van der Waals surface area (Å²) in [5.74, 6) is 0.191. The Morgan fingerprint density at radius 1 is 1.46 bits per heavy atom. The van der Waals surface area contributed by atoms with E-state index in [0.717, 1.165) is 0 Å². The molecule has 1 aliphatic rings. The van der Waals surface area contributed by atoms with Crippen LogP contribution in [0.2, 0.25) is 0 Å². The molecule has 0 saturated carbocycles. The summed E-state index contributed by atoms with van der Waals surface area (Å²) in [5, 5.41) is 10.4. The molecule has 0 aromatic heterocycles. The molecule has 1 aromatic carbocycles. The van der Waals surface area contributed by atoms with Gasteiger partial charge in [0.2, 0.25) is 5.91 Å². The number of nitro groups is 1. The van der Waals surface area contributed by atoms with Crippen molar-refractivity contribution >= 4 is 42.1 Å². The molecule has 1 saturated heterocycles. The molecule has 0 radical (unpaired) electrons. The molecule has 3 atom stereocenters. The molecule has 2 N–H and O–H groups in total. The van der Waals surface area contributed by atoms with Crippen molar-refractivity contribution in [2.24, 2.45) is 5.73 Å². The Hall–Kier alpha value is -1.94. The zero-order valence-electron chi connectivity index (χ0n) is 14.2. The highest BCUT2D eigenvalue weighted by atomic mass is 32.2. The van der Waals surface area contributed by atoms with Gasteiger partial charge >= 0.3 is 6.09 Å². The Kier molecular flexibility index (Phi) is 7.15. The van der Waals surface area contributed by atoms with Crippen molar-refractivity contribution in [3.05, 3.63) is 39.9 Å². The van der Waals surface area contributed by atoms with E-state index in [9.17, 15) is 19.7 Å². The number of carbonyl (C=O) groups excluding carboxylic acids is 2. The van der Waals surface area contributed by atoms with Gasteiger partial charge < -0.3 is 15.4 Å². The van der Waals surface area contributed by atoms with Crippen molar-refractivity contribution in [3.8, 4) is 0 Å². The number of non-ortho nitro benzene ring substituents is 1. The number of rotatable bonds is 7. The summed E-state index contributed by atoms with van der Waals surface area (Å²) >= 11 is 5.85. The maximum absolute atomic E-state index is 12.4. The lowest BCUT2D eigenvalue weighted by Gasteiger charge is -2.24. The van der Waals surface area contributed by atoms with Crippen LogP contribution in [0.3, 0.4) is 0 Å². The van der Waals surface area contributed by atoms with Crippen LogP contribution >= 0.6 is 24.4 Å². The first-order chi connectivity index (χ1) is 12.3. The Morgan fingerprint density at radius 3 is 2.69 bits per heavy atom. The predicted molar refractivity (Wildman–Crippen MR) is 102 cm³/mol. The maximum atomic E-state index is 12.4. The van der Waals surface area contributed by atoms with Crippen molar-refractivity contribution in [2.45, 2.75) is 36.5 Å². The number of carbonyl (C=O) groups is 2. The van der Waals surface area contributed by atoms with Crippen molar-refractivity contribution in [3.63, 3.8) is 0 Å². The van der Waals surface area contributed by atoms with Gasteiger partial charge in [-0.2, -0.15) is 12.6 Å². The molecule has 0 spiro atoms. The highest BCUT2D eigenvalue weighted by Gasteiger charge is 2.35. The number of likely N-dealkylation sites (tertiary alicyclic amines) is 1. The molecule has 2 rings (SSSR count). The van der Waals surface area contributed by atoms with Crippen LogP contribution in [0.1, 0.15) is 18.9 Å². The number of benzene rings is 1. The van der Waals surface area contributed by atoms with Gasteiger partial charge in [0.25, 0.3) is 5.69 Å². The molecular weight excluding hydrogens is 378 g/mol. The molecule has 2 amide bonds. The summed E-state index contributed by atoms with van der Waals surface area (Å²) in [6, 6.07) is 5.77. The monoisotopic (exact) mass is 399 g/mol. The minimum Gasteiger partial charge on any atom is -0.445 e. The molecule has 142 valence electrons. The summed E-state index contributed by atoms with van der Waals surface area (Å²) in [7, 11) is 0. The molecule has 0 bridgehead atoms. The molecule has 1 fully saturated rings. The quantitative estimate of drug-likeness (QED) is 0.413. The smallest absolute Gasteiger partial charge is 0.410 e. The summed E-state index contributed by atoms with van der Waals surface area (Å²) in [4.78, 5) is 35.3. The Bertz CT molecular complexity index is 670. The van der Waals surface area contributed by atoms with Crippen molar-refractivity contribution < 1.29 is 19.2 Å². The fourth-order valence-corrected chi connectivity index (χ4v) is 3.96. The van der Waals surface area contributed by atoms with E-state index in [1.807, 2.05) is 0 Å². The van der Waals surface area contributed by atoms with Crippen molar-refractivity contribution in [2.75, 3.05) is 12.3 Å². The topological polar surface area (TPSA) is 116 Å². The number of ether oxygens (including phenoxy) is 1. The van der Waals surface area contributed by atoms with E-state index in [-0.39, 0.29) is 34.7 Å². The van der Waals surface area contributed by atoms with Gasteiger partial charge in [0.05, 0.1) is 10.2 Å². The van der Waals surface area contributed by atoms with Crippen LogP contribution < -0.4 is 5.73 Å². The van der Waals surface area contributed by atoms with E-state index in [1.165, 1.54) is 23.9 Å². The standard InChI is InChI=1S/C16H21N3O5S2/c1-10(15(17)20)26-9-13-6-14(25)7-18(13)16(21)24-8-11-2-4-12(5-3-11)19(22)23/h2-5,10,13-14,25H,6-9H2,1H3,(H2,17,20). The molecular formula is C16H21N3O5S2. The summed E-state index contributed by atoms with van der Waals surface area (Å²) in [6.07, 6.45) is 0.256. The van der Waals surface area contributed by atoms with Crippen molar-refractivity contribution in [1.29, 1.82) is 0 Å². The van der Waals surface area contributed by atoms with Crippen LogP contribution in [0, 0.1) is 10.1 Å². The predicted octanol–water partition coefficient (Wildman–Crippen LogP) is 2.21. The number of nitrogens with zero attached hydrogens (tertiary/aromatic N) is 2. The second-order valence-corrected chi connectivity index (χ2v) is 8.16. The van der Waals surface area contributed by atoms with Gasteiger partial charge in [0.1, 0.15) is 6.61 Å². The van der Waals surface area contributed by atoms with Gasteiger partial charge in [0, 0.05) is 35.7 Å². The van der Waals surface area contributed by atoms with Crippen LogP contribution in [-0.2, 0) is 16.1 Å². The Morgan fingerprint density at radius 2 is 2.12 bits per heavy atom. The lowest BCUT2D eigenvalue weighted by atomic mass is 10.2. The third-order valence-corrected chi connectivity index (χ3v) is 5.76. The number of nitro benzene ring substituents is 1. The third kappa shape index (κ3) is 5.53. The highest BCUT2D eigenvalue weighted by Crippen LogP contribution is 2.27. The summed E-state index contributed by atoms with van der Waals surface area (Å²) < 4.78 is 5.33. The van der Waals surface area contributed by atoms with E-state index < -0.39 is 11.0 Å². The first-order valence-electron chi connectivity index (χ1n) is 8.03. The molecule has 26 heavy (non-hydrogen) atoms. The van der Waals surface area contributed by atoms with Gasteiger partial charge in [0.15, 0.2) is 0 Å². The SMILES string of the molecule is CC(SCC1CC(S)CN1C(=O)OCc1ccc([N+](=O)[O-])cc1)C(N)=O. The fraction of sp³-hybridized carbons (Fsp3) is 0.500. The second-order valence-electron chi connectivity index (χ2n) is 6.05. The average molecular weight is 399 g/mol. The average Bonchev–Trinajstić information content (AvgIpc) is 2.98. The molecule has 10 heteroatoms. The van der Waals surface area contributed by atoms with E-state index in [4.69, 9.17) is 10.5 Å². The minimum absolute atomic E-state index is 0.0156. The van der Waals surface area contributed by atoms with E-state index in [1.54, 1.807) is 24.0 Å². The summed E-state index contributed by atoms with van der Waals surface area (Å²) in [6.45, 7) is 2.23. The van der Waals surface area contributed by atoms with Gasteiger partial charge in [-0.05, 0) is 31.0 Å². The zero-order chi connectivity index (χ0) is 19.3. The van der Waals surface area contributed by atoms with Gasteiger partial charge in [-0.3, -0.25) is 14.9 Å². The summed E-state index contributed by atoms with van der Waals surface area (Å²) in [5.41, 5.74) is 5.91. The number of primary amides is 1. The van der Waals surface area contributed by atoms with Gasteiger partial charge in [-0.25, -0.2) is 4.79 Å². The normalized spacial score (nSPS) is 20.6. The van der Waals surface area contributed by atoms with Crippen LogP contribution in [0.5, 0.6) is 0 Å². The zero-order valence-corrected chi connectivity index (χ0v) is 15.9. The number of thioether (sulfide) groups is 1. The van der Waals surface area contributed by atoms with Crippen molar-refractivity contribution in [1.82, 2.24) is 4.90 Å². The number of amides is 2. The first kappa shape index (κ1) is 20.4.